The van der Waals surface area contributed by atoms with Crippen LogP contribution in [0.5, 0.6) is 0 Å². The molecule has 6 atom stereocenters. The topological polar surface area (TPSA) is 152 Å². The maximum atomic E-state index is 12.9. The number of unbranched alkanes of at least 4 members (excludes halogenated alkanes) is 12. The van der Waals surface area contributed by atoms with Gasteiger partial charge in [0.05, 0.1) is 12.7 Å². The summed E-state index contributed by atoms with van der Waals surface area (Å²) in [4.78, 5) is 25.9. The predicted octanol–water partition coefficient (Wildman–Crippen LogP) is 7.07. The summed E-state index contributed by atoms with van der Waals surface area (Å²) >= 11 is 0. The van der Waals surface area contributed by atoms with Crippen LogP contribution >= 0.6 is 0 Å². The summed E-state index contributed by atoms with van der Waals surface area (Å²) in [6.45, 7) is 14.0. The summed E-state index contributed by atoms with van der Waals surface area (Å²) in [5.74, 6) is -2.53. The standard InChI is InChI=1S/C39H72O10/c1-9-11-12-13-14-15-16-17-18-19-20-21-22-25-29(10-2)46-36-39(45,33(42)32(41)31(28-40)47-36)27-24-23-26-30(34(43)48-37(3,4)5)35(44)49-38(6,7)8/h22,25,29-33,36,40-42,45H,9-21,23-24,26-28H2,1-8H3/t29?,31-,32+,33+,36-,39-/m1/s1. The molecule has 0 aromatic carbocycles. The first kappa shape index (κ1) is 45.5. The monoisotopic (exact) mass is 701 g/mol. The van der Waals surface area contributed by atoms with Crippen LogP contribution in [0.2, 0.25) is 0 Å². The van der Waals surface area contributed by atoms with E-state index in [0.29, 0.717) is 12.8 Å². The lowest BCUT2D eigenvalue weighted by Crippen LogP contribution is -2.67. The van der Waals surface area contributed by atoms with Crippen molar-refractivity contribution in [3.05, 3.63) is 12.2 Å². The molecule has 1 aliphatic heterocycles. The lowest BCUT2D eigenvalue weighted by atomic mass is 9.82. The number of carbonyl (C=O) groups is 2. The third-order valence-corrected chi connectivity index (χ3v) is 8.83. The van der Waals surface area contributed by atoms with Crippen LogP contribution in [0.15, 0.2) is 12.2 Å². The first-order valence-corrected chi connectivity index (χ1v) is 19.1. The fourth-order valence-electron chi connectivity index (χ4n) is 6.01. The van der Waals surface area contributed by atoms with Gasteiger partial charge >= 0.3 is 11.9 Å². The first-order valence-electron chi connectivity index (χ1n) is 19.1. The predicted molar refractivity (Wildman–Crippen MR) is 192 cm³/mol. The van der Waals surface area contributed by atoms with Gasteiger partial charge in [0.25, 0.3) is 0 Å². The number of hydrogen-bond donors (Lipinski definition) is 4. The molecule has 49 heavy (non-hydrogen) atoms. The molecule has 0 amide bonds. The van der Waals surface area contributed by atoms with Crippen LogP contribution in [0.1, 0.15) is 165 Å². The molecule has 1 heterocycles. The third kappa shape index (κ3) is 18.0. The van der Waals surface area contributed by atoms with Gasteiger partial charge in [-0.05, 0) is 73.6 Å². The SMILES string of the molecule is CCCCCCCCCCCCCC=CC(CC)O[C@@H]1O[C@H](CO)[C@H](O)[C@H](O)[C@]1(O)CCCCC(C(=O)OC(C)(C)C)C(=O)OC(C)(C)C. The molecule has 0 aromatic heterocycles. The van der Waals surface area contributed by atoms with E-state index in [2.05, 4.69) is 13.0 Å². The highest BCUT2D eigenvalue weighted by Crippen LogP contribution is 2.36. The average Bonchev–Trinajstić information content (AvgIpc) is 3.00. The maximum Gasteiger partial charge on any atom is 0.320 e. The molecule has 0 radical (unpaired) electrons. The van der Waals surface area contributed by atoms with E-state index >= 15 is 0 Å². The van der Waals surface area contributed by atoms with Crippen LogP contribution in [0.25, 0.3) is 0 Å². The average molecular weight is 701 g/mol. The normalized spacial score (nSPS) is 24.0. The molecule has 1 rings (SSSR count). The van der Waals surface area contributed by atoms with E-state index in [-0.39, 0.29) is 19.3 Å². The van der Waals surface area contributed by atoms with Crippen molar-refractivity contribution in [2.75, 3.05) is 6.61 Å². The number of aliphatic hydroxyl groups excluding tert-OH is 3. The Bertz CT molecular complexity index is 911. The molecule has 0 aliphatic carbocycles. The summed E-state index contributed by atoms with van der Waals surface area (Å²) in [6, 6.07) is 0. The van der Waals surface area contributed by atoms with E-state index < -0.39 is 72.0 Å². The number of aliphatic hydroxyl groups is 4. The number of ether oxygens (including phenoxy) is 4. The molecule has 1 saturated heterocycles. The first-order chi connectivity index (χ1) is 23.0. The third-order valence-electron chi connectivity index (χ3n) is 8.83. The van der Waals surface area contributed by atoms with Crippen molar-refractivity contribution in [3.63, 3.8) is 0 Å². The van der Waals surface area contributed by atoms with E-state index in [4.69, 9.17) is 18.9 Å². The van der Waals surface area contributed by atoms with Crippen molar-refractivity contribution in [3.8, 4) is 0 Å². The van der Waals surface area contributed by atoms with Crippen molar-refractivity contribution in [2.24, 2.45) is 5.92 Å². The van der Waals surface area contributed by atoms with Gasteiger partial charge in [-0.2, -0.15) is 0 Å². The highest BCUT2D eigenvalue weighted by atomic mass is 16.7. The van der Waals surface area contributed by atoms with Crippen LogP contribution < -0.4 is 0 Å². The van der Waals surface area contributed by atoms with Crippen LogP contribution in [0, 0.1) is 5.92 Å². The molecule has 1 fully saturated rings. The Morgan fingerprint density at radius 2 is 1.31 bits per heavy atom. The van der Waals surface area contributed by atoms with Crippen molar-refractivity contribution >= 4 is 11.9 Å². The number of hydrogen-bond acceptors (Lipinski definition) is 10. The van der Waals surface area contributed by atoms with Gasteiger partial charge in [-0.15, -0.1) is 0 Å². The molecular formula is C39H72O10. The summed E-state index contributed by atoms with van der Waals surface area (Å²) in [5.41, 5.74) is -3.59. The van der Waals surface area contributed by atoms with Gasteiger partial charge in [-0.25, -0.2) is 0 Å². The minimum absolute atomic E-state index is 0.0533. The number of carbonyl (C=O) groups excluding carboxylic acids is 2. The molecule has 288 valence electrons. The molecule has 4 N–H and O–H groups in total. The summed E-state index contributed by atoms with van der Waals surface area (Å²) in [6.07, 6.45) is 14.1. The zero-order valence-electron chi connectivity index (χ0n) is 32.1. The highest BCUT2D eigenvalue weighted by Gasteiger charge is 2.55. The Morgan fingerprint density at radius 1 is 0.796 bits per heavy atom. The minimum Gasteiger partial charge on any atom is -0.459 e. The van der Waals surface area contributed by atoms with Gasteiger partial charge in [-0.3, -0.25) is 9.59 Å². The van der Waals surface area contributed by atoms with Crippen LogP contribution in [-0.4, -0.2) is 86.5 Å². The Labute approximate surface area is 297 Å². The number of allylic oxidation sites excluding steroid dienone is 1. The molecule has 10 heteroatoms. The lowest BCUT2D eigenvalue weighted by molar-refractivity contribution is -0.348. The highest BCUT2D eigenvalue weighted by molar-refractivity contribution is 5.95. The molecule has 0 bridgehead atoms. The minimum atomic E-state index is -2.00. The lowest BCUT2D eigenvalue weighted by Gasteiger charge is -2.48. The summed E-state index contributed by atoms with van der Waals surface area (Å²) in [7, 11) is 0. The second-order valence-electron chi connectivity index (χ2n) is 15.8. The summed E-state index contributed by atoms with van der Waals surface area (Å²) in [5, 5.41) is 43.2. The number of esters is 2. The zero-order valence-corrected chi connectivity index (χ0v) is 32.1. The molecule has 0 spiro atoms. The van der Waals surface area contributed by atoms with Gasteiger partial charge in [-0.1, -0.05) is 103 Å². The quantitative estimate of drug-likeness (QED) is 0.0356. The molecule has 1 unspecified atom stereocenters. The second kappa shape index (κ2) is 23.1. The second-order valence-corrected chi connectivity index (χ2v) is 15.8. The summed E-state index contributed by atoms with van der Waals surface area (Å²) < 4.78 is 23.0. The van der Waals surface area contributed by atoms with Crippen LogP contribution in [-0.2, 0) is 28.5 Å². The van der Waals surface area contributed by atoms with E-state index in [1.165, 1.54) is 64.2 Å². The Balaban J connectivity index is 2.78. The Kier molecular flexibility index (Phi) is 21.4. The van der Waals surface area contributed by atoms with Gasteiger partial charge in [0.15, 0.2) is 12.2 Å². The Hall–Kier alpha value is -1.56. The zero-order chi connectivity index (χ0) is 37.1. The molecule has 0 aromatic rings. The largest absolute Gasteiger partial charge is 0.459 e. The van der Waals surface area contributed by atoms with E-state index in [1.807, 2.05) is 13.0 Å². The van der Waals surface area contributed by atoms with Crippen LogP contribution in [0.3, 0.4) is 0 Å². The fraction of sp³-hybridized carbons (Fsp3) is 0.897. The fourth-order valence-corrected chi connectivity index (χ4v) is 6.01. The van der Waals surface area contributed by atoms with Gasteiger partial charge in [0, 0.05) is 0 Å². The van der Waals surface area contributed by atoms with E-state index in [9.17, 15) is 30.0 Å². The van der Waals surface area contributed by atoms with Gasteiger partial charge < -0.3 is 39.4 Å². The smallest absolute Gasteiger partial charge is 0.320 e. The molecule has 10 nitrogen and oxygen atoms in total. The van der Waals surface area contributed by atoms with Crippen molar-refractivity contribution < 1.29 is 49.0 Å². The van der Waals surface area contributed by atoms with Crippen molar-refractivity contribution in [1.82, 2.24) is 0 Å². The van der Waals surface area contributed by atoms with Crippen molar-refractivity contribution in [1.29, 1.82) is 0 Å². The van der Waals surface area contributed by atoms with Gasteiger partial charge in [0.1, 0.15) is 35.1 Å². The molecular weight excluding hydrogens is 628 g/mol. The van der Waals surface area contributed by atoms with E-state index in [1.54, 1.807) is 41.5 Å². The van der Waals surface area contributed by atoms with Crippen LogP contribution in [0.4, 0.5) is 0 Å². The Morgan fingerprint density at radius 3 is 1.78 bits per heavy atom. The molecule has 1 aliphatic rings. The van der Waals surface area contributed by atoms with Crippen molar-refractivity contribution in [2.45, 2.75) is 212 Å². The molecule has 0 saturated carbocycles. The number of rotatable bonds is 24. The maximum absolute atomic E-state index is 12.9. The van der Waals surface area contributed by atoms with E-state index in [0.717, 1.165) is 12.8 Å². The van der Waals surface area contributed by atoms with Gasteiger partial charge in [0.2, 0.25) is 0 Å².